The number of rotatable bonds is 6. The average Bonchev–Trinajstić information content (AvgIpc) is 3.17. The molecule has 1 aliphatic heterocycles. The van der Waals surface area contributed by atoms with E-state index in [-0.39, 0.29) is 28.2 Å². The molecular weight excluding hydrogens is 354 g/mol. The number of nitro benzene ring substituents is 1. The lowest BCUT2D eigenvalue weighted by Gasteiger charge is -2.28. The van der Waals surface area contributed by atoms with Crippen molar-refractivity contribution in [3.05, 3.63) is 74.8 Å². The lowest BCUT2D eigenvalue weighted by Crippen LogP contribution is -2.36. The SMILES string of the molecule is O=C(NC[C@@H](c1ccccc1)N1CCCC1)c1ccc([N+](=O)[O-])cc1Cl. The van der Waals surface area contributed by atoms with Gasteiger partial charge in [-0.05, 0) is 37.6 Å². The van der Waals surface area contributed by atoms with E-state index in [4.69, 9.17) is 11.6 Å². The topological polar surface area (TPSA) is 75.5 Å². The molecule has 0 saturated carbocycles. The van der Waals surface area contributed by atoms with E-state index in [0.717, 1.165) is 31.5 Å². The van der Waals surface area contributed by atoms with Crippen molar-refractivity contribution >= 4 is 23.2 Å². The number of nitrogens with zero attached hydrogens (tertiary/aromatic N) is 2. The Morgan fingerprint density at radius 2 is 1.88 bits per heavy atom. The Morgan fingerprint density at radius 3 is 2.50 bits per heavy atom. The summed E-state index contributed by atoms with van der Waals surface area (Å²) in [6.07, 6.45) is 2.32. The predicted molar refractivity (Wildman–Crippen MR) is 100 cm³/mol. The first-order valence-corrected chi connectivity index (χ1v) is 8.95. The summed E-state index contributed by atoms with van der Waals surface area (Å²) < 4.78 is 0. The molecule has 1 atom stereocenters. The zero-order valence-corrected chi connectivity index (χ0v) is 15.0. The molecule has 26 heavy (non-hydrogen) atoms. The number of hydrogen-bond donors (Lipinski definition) is 1. The van der Waals surface area contributed by atoms with Gasteiger partial charge in [-0.2, -0.15) is 0 Å². The summed E-state index contributed by atoms with van der Waals surface area (Å²) in [5, 5.41) is 13.8. The molecule has 0 aromatic heterocycles. The Hall–Kier alpha value is -2.44. The number of carbonyl (C=O) groups is 1. The van der Waals surface area contributed by atoms with Crippen molar-refractivity contribution in [1.82, 2.24) is 10.2 Å². The van der Waals surface area contributed by atoms with Crippen LogP contribution in [0.4, 0.5) is 5.69 Å². The minimum atomic E-state index is -0.535. The van der Waals surface area contributed by atoms with Gasteiger partial charge in [-0.15, -0.1) is 0 Å². The van der Waals surface area contributed by atoms with Gasteiger partial charge in [-0.3, -0.25) is 19.8 Å². The van der Waals surface area contributed by atoms with Gasteiger partial charge in [0.15, 0.2) is 0 Å². The second kappa shape index (κ2) is 8.29. The van der Waals surface area contributed by atoms with E-state index in [2.05, 4.69) is 22.3 Å². The summed E-state index contributed by atoms with van der Waals surface area (Å²) >= 11 is 6.05. The van der Waals surface area contributed by atoms with Gasteiger partial charge >= 0.3 is 0 Å². The molecule has 7 heteroatoms. The van der Waals surface area contributed by atoms with E-state index < -0.39 is 4.92 Å². The van der Waals surface area contributed by atoms with Gasteiger partial charge in [0.25, 0.3) is 11.6 Å². The Bertz CT molecular complexity index is 792. The highest BCUT2D eigenvalue weighted by Gasteiger charge is 2.24. The maximum absolute atomic E-state index is 12.5. The highest BCUT2D eigenvalue weighted by molar-refractivity contribution is 6.34. The van der Waals surface area contributed by atoms with Crippen LogP contribution in [-0.2, 0) is 0 Å². The molecule has 136 valence electrons. The molecule has 3 rings (SSSR count). The minimum absolute atomic E-state index is 0.0779. The molecule has 2 aromatic rings. The first-order chi connectivity index (χ1) is 12.6. The Balaban J connectivity index is 1.72. The largest absolute Gasteiger partial charge is 0.350 e. The summed E-state index contributed by atoms with van der Waals surface area (Å²) in [5.74, 6) is -0.329. The van der Waals surface area contributed by atoms with Crippen LogP contribution in [0.5, 0.6) is 0 Å². The number of nitro groups is 1. The van der Waals surface area contributed by atoms with E-state index in [1.165, 1.54) is 18.2 Å². The summed E-state index contributed by atoms with van der Waals surface area (Å²) in [6.45, 7) is 2.47. The number of halogens is 1. The summed E-state index contributed by atoms with van der Waals surface area (Å²) in [7, 11) is 0. The fourth-order valence-corrected chi connectivity index (χ4v) is 3.53. The second-order valence-electron chi connectivity index (χ2n) is 6.30. The van der Waals surface area contributed by atoms with Crippen LogP contribution >= 0.6 is 11.6 Å². The molecule has 2 aromatic carbocycles. The van der Waals surface area contributed by atoms with Gasteiger partial charge in [0, 0.05) is 18.7 Å². The molecular formula is C19H20ClN3O3. The predicted octanol–water partition coefficient (Wildman–Crippen LogP) is 3.82. The standard InChI is InChI=1S/C19H20ClN3O3/c20-17-12-15(23(25)26)8-9-16(17)19(24)21-13-18(22-10-4-5-11-22)14-6-2-1-3-7-14/h1-3,6-9,12,18H,4-5,10-11,13H2,(H,21,24)/t18-/m0/s1. The van der Waals surface area contributed by atoms with E-state index in [1.807, 2.05) is 18.2 Å². The van der Waals surface area contributed by atoms with Crippen LogP contribution in [0, 0.1) is 10.1 Å². The van der Waals surface area contributed by atoms with Gasteiger partial charge in [0.1, 0.15) is 0 Å². The first kappa shape index (κ1) is 18.4. The lowest BCUT2D eigenvalue weighted by atomic mass is 10.1. The van der Waals surface area contributed by atoms with Gasteiger partial charge in [-0.1, -0.05) is 41.9 Å². The summed E-state index contributed by atoms with van der Waals surface area (Å²) in [4.78, 5) is 25.1. The third-order valence-corrected chi connectivity index (χ3v) is 4.94. The molecule has 1 heterocycles. The Kier molecular flexibility index (Phi) is 5.85. The van der Waals surface area contributed by atoms with Crippen LogP contribution in [0.1, 0.15) is 34.8 Å². The van der Waals surface area contributed by atoms with Crippen LogP contribution in [0.15, 0.2) is 48.5 Å². The van der Waals surface area contributed by atoms with Crippen LogP contribution in [0.2, 0.25) is 5.02 Å². The molecule has 1 fully saturated rings. The first-order valence-electron chi connectivity index (χ1n) is 8.57. The van der Waals surface area contributed by atoms with Crippen LogP contribution < -0.4 is 5.32 Å². The third-order valence-electron chi connectivity index (χ3n) is 4.63. The quantitative estimate of drug-likeness (QED) is 0.617. The van der Waals surface area contributed by atoms with Gasteiger partial charge < -0.3 is 5.32 Å². The van der Waals surface area contributed by atoms with Crippen molar-refractivity contribution in [3.8, 4) is 0 Å². The van der Waals surface area contributed by atoms with Crippen LogP contribution in [0.25, 0.3) is 0 Å². The molecule has 1 saturated heterocycles. The van der Waals surface area contributed by atoms with Crippen LogP contribution in [0.3, 0.4) is 0 Å². The number of likely N-dealkylation sites (tertiary alicyclic amines) is 1. The number of hydrogen-bond acceptors (Lipinski definition) is 4. The van der Waals surface area contributed by atoms with E-state index >= 15 is 0 Å². The highest BCUT2D eigenvalue weighted by Crippen LogP contribution is 2.25. The molecule has 1 amide bonds. The summed E-state index contributed by atoms with van der Waals surface area (Å²) in [5.41, 5.74) is 1.26. The summed E-state index contributed by atoms with van der Waals surface area (Å²) in [6, 6.07) is 14.1. The van der Waals surface area contributed by atoms with E-state index in [9.17, 15) is 14.9 Å². The molecule has 0 bridgehead atoms. The van der Waals surface area contributed by atoms with E-state index in [1.54, 1.807) is 0 Å². The maximum atomic E-state index is 12.5. The Labute approximate surface area is 156 Å². The molecule has 1 N–H and O–H groups in total. The number of benzene rings is 2. The van der Waals surface area contributed by atoms with Gasteiger partial charge in [0.05, 0.1) is 21.6 Å². The van der Waals surface area contributed by atoms with Crippen molar-refractivity contribution in [2.75, 3.05) is 19.6 Å². The normalized spacial score (nSPS) is 15.6. The lowest BCUT2D eigenvalue weighted by molar-refractivity contribution is -0.384. The second-order valence-corrected chi connectivity index (χ2v) is 6.71. The van der Waals surface area contributed by atoms with Gasteiger partial charge in [0.2, 0.25) is 0 Å². The van der Waals surface area contributed by atoms with Gasteiger partial charge in [-0.25, -0.2) is 0 Å². The zero-order valence-electron chi connectivity index (χ0n) is 14.2. The molecule has 0 radical (unpaired) electrons. The molecule has 0 spiro atoms. The number of amides is 1. The van der Waals surface area contributed by atoms with Crippen molar-refractivity contribution < 1.29 is 9.72 Å². The van der Waals surface area contributed by atoms with E-state index in [0.29, 0.717) is 6.54 Å². The average molecular weight is 374 g/mol. The maximum Gasteiger partial charge on any atom is 0.270 e. The third kappa shape index (κ3) is 4.20. The van der Waals surface area contributed by atoms with Crippen molar-refractivity contribution in [2.24, 2.45) is 0 Å². The van der Waals surface area contributed by atoms with Crippen molar-refractivity contribution in [1.29, 1.82) is 0 Å². The molecule has 0 unspecified atom stereocenters. The minimum Gasteiger partial charge on any atom is -0.350 e. The highest BCUT2D eigenvalue weighted by atomic mass is 35.5. The monoisotopic (exact) mass is 373 g/mol. The number of carbonyl (C=O) groups excluding carboxylic acids is 1. The Morgan fingerprint density at radius 1 is 1.19 bits per heavy atom. The van der Waals surface area contributed by atoms with Crippen LogP contribution in [-0.4, -0.2) is 35.4 Å². The number of non-ortho nitro benzene ring substituents is 1. The van der Waals surface area contributed by atoms with Crippen molar-refractivity contribution in [3.63, 3.8) is 0 Å². The fraction of sp³-hybridized carbons (Fsp3) is 0.316. The zero-order chi connectivity index (χ0) is 18.5. The fourth-order valence-electron chi connectivity index (χ4n) is 3.27. The molecule has 0 aliphatic carbocycles. The molecule has 6 nitrogen and oxygen atoms in total. The van der Waals surface area contributed by atoms with Crippen molar-refractivity contribution in [2.45, 2.75) is 18.9 Å². The smallest absolute Gasteiger partial charge is 0.270 e. The molecule has 1 aliphatic rings. The number of nitrogens with one attached hydrogen (secondary N) is 1.